The smallest absolute Gasteiger partial charge is 0.362 e. The van der Waals surface area contributed by atoms with Crippen LogP contribution in [0.2, 0.25) is 0 Å². The maximum atomic E-state index is 12.3. The van der Waals surface area contributed by atoms with E-state index in [1.165, 1.54) is 0 Å². The molecule has 134 valence electrons. The third kappa shape index (κ3) is 3.64. The van der Waals surface area contributed by atoms with Crippen molar-refractivity contribution in [1.82, 2.24) is 14.5 Å². The fraction of sp³-hybridized carbons (Fsp3) is 0. The van der Waals surface area contributed by atoms with Gasteiger partial charge in [0.2, 0.25) is 0 Å². The molecule has 0 aliphatic carbocycles. The molecule has 0 saturated carbocycles. The number of carbonyl (C=O) groups is 1. The van der Waals surface area contributed by atoms with Gasteiger partial charge in [-0.05, 0) is 47.5 Å². The first-order chi connectivity index (χ1) is 13.7. The molecule has 6 heteroatoms. The van der Waals surface area contributed by atoms with Crippen LogP contribution in [0.25, 0.3) is 16.8 Å². The average molecular weight is 366 g/mol. The van der Waals surface area contributed by atoms with Crippen molar-refractivity contribution in [1.29, 1.82) is 5.26 Å². The van der Waals surface area contributed by atoms with Crippen LogP contribution in [-0.4, -0.2) is 20.5 Å². The van der Waals surface area contributed by atoms with Gasteiger partial charge in [0.15, 0.2) is 0 Å². The molecule has 0 radical (unpaired) electrons. The predicted octanol–water partition coefficient (Wildman–Crippen LogP) is 4.03. The summed E-state index contributed by atoms with van der Waals surface area (Å²) in [6, 6.07) is 20.0. The van der Waals surface area contributed by atoms with Gasteiger partial charge in [-0.15, -0.1) is 0 Å². The Balaban J connectivity index is 1.45. The Labute approximate surface area is 161 Å². The van der Waals surface area contributed by atoms with Crippen molar-refractivity contribution in [2.75, 3.05) is 0 Å². The van der Waals surface area contributed by atoms with Crippen molar-refractivity contribution < 1.29 is 9.53 Å². The van der Waals surface area contributed by atoms with Gasteiger partial charge in [-0.1, -0.05) is 24.3 Å². The minimum Gasteiger partial charge on any atom is -0.422 e. The molecule has 0 amide bonds. The van der Waals surface area contributed by atoms with Gasteiger partial charge in [0.1, 0.15) is 11.4 Å². The highest BCUT2D eigenvalue weighted by molar-refractivity contribution is 5.89. The number of carbonyl (C=O) groups excluding carboxylic acids is 1. The number of aromatic nitrogens is 3. The summed E-state index contributed by atoms with van der Waals surface area (Å²) in [5.41, 5.74) is 3.59. The fourth-order valence-electron chi connectivity index (χ4n) is 2.68. The topological polar surface area (TPSA) is 80.8 Å². The molecule has 2 heterocycles. The van der Waals surface area contributed by atoms with E-state index < -0.39 is 5.97 Å². The first-order valence-corrected chi connectivity index (χ1v) is 8.50. The molecule has 4 aromatic rings. The van der Waals surface area contributed by atoms with E-state index in [9.17, 15) is 4.79 Å². The zero-order valence-electron chi connectivity index (χ0n) is 14.7. The Morgan fingerprint density at radius 2 is 1.68 bits per heavy atom. The summed E-state index contributed by atoms with van der Waals surface area (Å²) in [4.78, 5) is 20.4. The van der Waals surface area contributed by atoms with Crippen LogP contribution in [0.5, 0.6) is 5.75 Å². The number of hydrogen-bond donors (Lipinski definition) is 0. The van der Waals surface area contributed by atoms with Gasteiger partial charge in [0, 0.05) is 12.4 Å². The minimum absolute atomic E-state index is 0.222. The molecule has 0 N–H and O–H groups in total. The van der Waals surface area contributed by atoms with E-state index in [0.717, 1.165) is 16.8 Å². The Hall–Kier alpha value is -4.24. The summed E-state index contributed by atoms with van der Waals surface area (Å²) >= 11 is 0. The number of rotatable bonds is 4. The van der Waals surface area contributed by atoms with Gasteiger partial charge >= 0.3 is 5.97 Å². The Morgan fingerprint density at radius 3 is 2.25 bits per heavy atom. The minimum atomic E-state index is -0.525. The lowest BCUT2D eigenvalue weighted by Gasteiger charge is -2.07. The molecule has 2 aromatic heterocycles. The Bertz CT molecular complexity index is 1130. The molecule has 4 rings (SSSR count). The SMILES string of the molecule is N#Cc1ccc(-c2ccc(OC(=O)c3ccc(-n4ccnc4)cn3)cc2)cc1. The van der Waals surface area contributed by atoms with E-state index in [0.29, 0.717) is 11.3 Å². The van der Waals surface area contributed by atoms with Crippen LogP contribution in [0.15, 0.2) is 85.6 Å². The maximum absolute atomic E-state index is 12.3. The number of hydrogen-bond acceptors (Lipinski definition) is 5. The summed E-state index contributed by atoms with van der Waals surface area (Å²) in [6.07, 6.45) is 6.71. The number of nitrogens with zero attached hydrogens (tertiary/aromatic N) is 4. The van der Waals surface area contributed by atoms with Crippen LogP contribution in [0.3, 0.4) is 0 Å². The number of pyridine rings is 1. The fourth-order valence-corrected chi connectivity index (χ4v) is 2.68. The molecule has 0 spiro atoms. The maximum Gasteiger partial charge on any atom is 0.362 e. The highest BCUT2D eigenvalue weighted by Crippen LogP contribution is 2.23. The highest BCUT2D eigenvalue weighted by atomic mass is 16.5. The van der Waals surface area contributed by atoms with Crippen LogP contribution >= 0.6 is 0 Å². The molecule has 0 aliphatic rings. The summed E-state index contributed by atoms with van der Waals surface area (Å²) in [5, 5.41) is 8.87. The average Bonchev–Trinajstić information content (AvgIpc) is 3.29. The van der Waals surface area contributed by atoms with E-state index in [1.807, 2.05) is 24.3 Å². The van der Waals surface area contributed by atoms with E-state index in [2.05, 4.69) is 16.0 Å². The van der Waals surface area contributed by atoms with E-state index in [4.69, 9.17) is 10.00 Å². The number of benzene rings is 2. The lowest BCUT2D eigenvalue weighted by molar-refractivity contribution is 0.0728. The molecule has 0 fully saturated rings. The second-order valence-corrected chi connectivity index (χ2v) is 5.97. The van der Waals surface area contributed by atoms with Crippen molar-refractivity contribution in [3.63, 3.8) is 0 Å². The second-order valence-electron chi connectivity index (χ2n) is 5.97. The lowest BCUT2D eigenvalue weighted by atomic mass is 10.0. The summed E-state index contributed by atoms with van der Waals surface area (Å²) < 4.78 is 7.19. The molecule has 2 aromatic carbocycles. The lowest BCUT2D eigenvalue weighted by Crippen LogP contribution is -2.10. The van der Waals surface area contributed by atoms with Crippen molar-refractivity contribution in [3.05, 3.63) is 96.8 Å². The van der Waals surface area contributed by atoms with Crippen LogP contribution < -0.4 is 4.74 Å². The summed E-state index contributed by atoms with van der Waals surface area (Å²) in [5.74, 6) is -0.0915. The first kappa shape index (κ1) is 17.2. The molecular formula is C22H14N4O2. The van der Waals surface area contributed by atoms with Crippen LogP contribution in [0.4, 0.5) is 0 Å². The largest absolute Gasteiger partial charge is 0.422 e. The number of nitriles is 1. The third-order valence-electron chi connectivity index (χ3n) is 4.17. The van der Waals surface area contributed by atoms with Gasteiger partial charge in [0.05, 0.1) is 29.8 Å². The Morgan fingerprint density at radius 1 is 0.964 bits per heavy atom. The first-order valence-electron chi connectivity index (χ1n) is 8.50. The van der Waals surface area contributed by atoms with E-state index in [-0.39, 0.29) is 5.69 Å². The molecule has 28 heavy (non-hydrogen) atoms. The number of esters is 1. The standard InChI is InChI=1S/C22H14N4O2/c23-13-16-1-3-17(4-2-16)18-5-8-20(9-6-18)28-22(27)21-10-7-19(14-25-21)26-12-11-24-15-26/h1-12,14-15H. The predicted molar refractivity (Wildman–Crippen MR) is 103 cm³/mol. The molecule has 0 aliphatic heterocycles. The van der Waals surface area contributed by atoms with E-state index in [1.54, 1.807) is 65.9 Å². The van der Waals surface area contributed by atoms with E-state index >= 15 is 0 Å². The molecule has 6 nitrogen and oxygen atoms in total. The van der Waals surface area contributed by atoms with Gasteiger partial charge in [0.25, 0.3) is 0 Å². The summed E-state index contributed by atoms with van der Waals surface area (Å²) in [7, 11) is 0. The molecule has 0 atom stereocenters. The van der Waals surface area contributed by atoms with Crippen molar-refractivity contribution >= 4 is 5.97 Å². The summed E-state index contributed by atoms with van der Waals surface area (Å²) in [6.45, 7) is 0. The molecular weight excluding hydrogens is 352 g/mol. The quantitative estimate of drug-likeness (QED) is 0.402. The Kier molecular flexibility index (Phi) is 4.64. The normalized spacial score (nSPS) is 10.2. The second kappa shape index (κ2) is 7.56. The third-order valence-corrected chi connectivity index (χ3v) is 4.17. The number of imidazole rings is 1. The molecule has 0 unspecified atom stereocenters. The molecule has 0 saturated heterocycles. The van der Waals surface area contributed by atoms with Gasteiger partial charge in [-0.3, -0.25) is 0 Å². The van der Waals surface area contributed by atoms with Crippen molar-refractivity contribution in [2.45, 2.75) is 0 Å². The van der Waals surface area contributed by atoms with Crippen molar-refractivity contribution in [2.24, 2.45) is 0 Å². The zero-order valence-corrected chi connectivity index (χ0v) is 14.7. The van der Waals surface area contributed by atoms with Crippen molar-refractivity contribution in [3.8, 4) is 28.6 Å². The van der Waals surface area contributed by atoms with Gasteiger partial charge in [-0.25, -0.2) is 14.8 Å². The van der Waals surface area contributed by atoms with Crippen LogP contribution in [0.1, 0.15) is 16.1 Å². The van der Waals surface area contributed by atoms with Gasteiger partial charge < -0.3 is 9.30 Å². The zero-order chi connectivity index (χ0) is 19.3. The monoisotopic (exact) mass is 366 g/mol. The number of ether oxygens (including phenoxy) is 1. The highest BCUT2D eigenvalue weighted by Gasteiger charge is 2.11. The van der Waals surface area contributed by atoms with Gasteiger partial charge in [-0.2, -0.15) is 5.26 Å². The molecule has 0 bridgehead atoms. The van der Waals surface area contributed by atoms with Crippen LogP contribution in [-0.2, 0) is 0 Å². The van der Waals surface area contributed by atoms with Crippen LogP contribution in [0, 0.1) is 11.3 Å².